The van der Waals surface area contributed by atoms with Gasteiger partial charge in [-0.25, -0.2) is 0 Å². The van der Waals surface area contributed by atoms with Crippen molar-refractivity contribution in [2.75, 3.05) is 0 Å². The first kappa shape index (κ1) is 33.2. The van der Waals surface area contributed by atoms with Gasteiger partial charge in [0.05, 0.1) is 17.9 Å². The molecule has 7 heteroatoms. The topological polar surface area (TPSA) is 120 Å². The normalized spacial score (nSPS) is 8.95. The number of hydrogen-bond donors (Lipinski definition) is 0. The molecule has 5 radical (unpaired) electrons. The number of benzene rings is 4. The zero-order valence-electron chi connectivity index (χ0n) is 20.5. The second kappa shape index (κ2) is 19.4. The van der Waals surface area contributed by atoms with E-state index in [0.717, 1.165) is 0 Å². The van der Waals surface area contributed by atoms with Crippen LogP contribution in [-0.4, -0.2) is 45.2 Å². The van der Waals surface area contributed by atoms with Crippen molar-refractivity contribution in [1.29, 1.82) is 0 Å². The van der Waals surface area contributed by atoms with Crippen molar-refractivity contribution in [3.05, 3.63) is 144 Å². The van der Waals surface area contributed by atoms with Gasteiger partial charge in [-0.05, 0) is 34.2 Å². The molecule has 0 aliphatic rings. The molecule has 0 amide bonds. The van der Waals surface area contributed by atoms with Crippen molar-refractivity contribution in [3.8, 4) is 0 Å². The van der Waals surface area contributed by atoms with Crippen LogP contribution in [0, 0.1) is 6.07 Å². The van der Waals surface area contributed by atoms with Gasteiger partial charge in [0.2, 0.25) is 0 Å². The summed E-state index contributed by atoms with van der Waals surface area (Å²) in [5, 5.41) is 30.3. The molecule has 0 fully saturated rings. The largest absolute Gasteiger partial charge is 0.545 e. The third-order valence-corrected chi connectivity index (χ3v) is 4.38. The van der Waals surface area contributed by atoms with Gasteiger partial charge in [0.1, 0.15) is 0 Å². The Morgan fingerprint density at radius 1 is 0.541 bits per heavy atom. The molecular formula is C30H26O6Pb-3. The molecule has 4 aromatic rings. The number of carboxylic acid groups (broad SMARTS) is 3. The van der Waals surface area contributed by atoms with E-state index in [-0.39, 0.29) is 44.0 Å². The fourth-order valence-electron chi connectivity index (χ4n) is 2.49. The van der Waals surface area contributed by atoms with E-state index in [4.69, 9.17) is 0 Å². The van der Waals surface area contributed by atoms with Crippen molar-refractivity contribution in [3.63, 3.8) is 0 Å². The first-order valence-electron chi connectivity index (χ1n) is 11.0. The molecule has 0 saturated carbocycles. The average Bonchev–Trinajstić information content (AvgIpc) is 2.92. The number of hydrogen-bond acceptors (Lipinski definition) is 6. The molecule has 37 heavy (non-hydrogen) atoms. The summed E-state index contributed by atoms with van der Waals surface area (Å²) in [7, 11) is 0. The maximum Gasteiger partial charge on any atom is 0.0715 e. The number of carboxylic acids is 3. The third kappa shape index (κ3) is 15.0. The Bertz CT molecular complexity index is 1050. The van der Waals surface area contributed by atoms with E-state index in [9.17, 15) is 29.7 Å². The summed E-state index contributed by atoms with van der Waals surface area (Å²) >= 11 is 0. The van der Waals surface area contributed by atoms with E-state index in [1.54, 1.807) is 54.6 Å². The average molecular weight is 690 g/mol. The zero-order chi connectivity index (χ0) is 26.8. The van der Waals surface area contributed by atoms with Gasteiger partial charge in [-0.15, -0.1) is 0 Å². The van der Waals surface area contributed by atoms with Crippen LogP contribution in [0.1, 0.15) is 56.4 Å². The van der Waals surface area contributed by atoms with Crippen molar-refractivity contribution in [2.45, 2.75) is 19.8 Å². The molecular weight excluding hydrogens is 664 g/mol. The predicted molar refractivity (Wildman–Crippen MR) is 137 cm³/mol. The molecule has 0 spiro atoms. The molecule has 0 saturated heterocycles. The van der Waals surface area contributed by atoms with Gasteiger partial charge >= 0.3 is 0 Å². The molecule has 4 rings (SSSR count). The second-order valence-corrected chi connectivity index (χ2v) is 7.43. The molecule has 189 valence electrons. The number of rotatable bonds is 4. The van der Waals surface area contributed by atoms with Gasteiger partial charge in [0.15, 0.2) is 0 Å². The van der Waals surface area contributed by atoms with E-state index in [2.05, 4.69) is 26.0 Å². The maximum atomic E-state index is 10.1. The van der Waals surface area contributed by atoms with Crippen molar-refractivity contribution < 1.29 is 29.7 Å². The quantitative estimate of drug-likeness (QED) is 0.304. The van der Waals surface area contributed by atoms with Gasteiger partial charge in [-0.1, -0.05) is 129 Å². The van der Waals surface area contributed by atoms with E-state index in [1.165, 1.54) is 42.0 Å². The number of carbonyl (C=O) groups is 3. The first-order valence-corrected chi connectivity index (χ1v) is 11.0. The summed E-state index contributed by atoms with van der Waals surface area (Å²) in [6.07, 6.45) is 0. The maximum absolute atomic E-state index is 10.1. The Hall–Kier alpha value is -3.79. The Labute approximate surface area is 237 Å². The minimum Gasteiger partial charge on any atom is -0.545 e. The number of carbonyl (C=O) groups excluding carboxylic acids is 3. The van der Waals surface area contributed by atoms with Crippen LogP contribution in [-0.2, 0) is 0 Å². The van der Waals surface area contributed by atoms with E-state index < -0.39 is 17.9 Å². The Kier molecular flexibility index (Phi) is 17.4. The van der Waals surface area contributed by atoms with E-state index in [0.29, 0.717) is 5.92 Å². The van der Waals surface area contributed by atoms with Gasteiger partial charge in [0, 0.05) is 27.3 Å². The van der Waals surface area contributed by atoms with Crippen molar-refractivity contribution in [2.24, 2.45) is 0 Å². The SMILES string of the molecule is CC(C)c1[c]cccc1.O=C([O-])c1ccccc1.O=C([O-])c1ccccc1.O=C([O-])c1ccccc1.[Pb]. The second-order valence-electron chi connectivity index (χ2n) is 7.43. The van der Waals surface area contributed by atoms with Crippen LogP contribution in [0.4, 0.5) is 0 Å². The van der Waals surface area contributed by atoms with Gasteiger partial charge in [-0.3, -0.25) is 0 Å². The smallest absolute Gasteiger partial charge is 0.0715 e. The van der Waals surface area contributed by atoms with Crippen LogP contribution in [0.2, 0.25) is 0 Å². The van der Waals surface area contributed by atoms with E-state index >= 15 is 0 Å². The molecule has 0 atom stereocenters. The zero-order valence-corrected chi connectivity index (χ0v) is 24.4. The van der Waals surface area contributed by atoms with Crippen LogP contribution >= 0.6 is 0 Å². The fourth-order valence-corrected chi connectivity index (χ4v) is 2.49. The summed E-state index contributed by atoms with van der Waals surface area (Å²) in [5.41, 5.74) is 1.95. The molecule has 0 unspecified atom stereocenters. The molecule has 0 aliphatic carbocycles. The molecule has 0 heterocycles. The van der Waals surface area contributed by atoms with Crippen LogP contribution in [0.5, 0.6) is 0 Å². The minimum atomic E-state index is -1.13. The molecule has 4 aromatic carbocycles. The van der Waals surface area contributed by atoms with Crippen molar-refractivity contribution in [1.82, 2.24) is 0 Å². The summed E-state index contributed by atoms with van der Waals surface area (Å²) in [6, 6.07) is 35.5. The summed E-state index contributed by atoms with van der Waals surface area (Å²) in [5.74, 6) is -2.78. The van der Waals surface area contributed by atoms with E-state index in [1.807, 2.05) is 18.2 Å². The van der Waals surface area contributed by atoms with Crippen molar-refractivity contribution >= 4 is 45.2 Å². The van der Waals surface area contributed by atoms with Crippen LogP contribution in [0.3, 0.4) is 0 Å². The summed E-state index contributed by atoms with van der Waals surface area (Å²) in [4.78, 5) is 30.3. The molecule has 0 aliphatic heterocycles. The minimum absolute atomic E-state index is 0. The summed E-state index contributed by atoms with van der Waals surface area (Å²) in [6.45, 7) is 4.34. The van der Waals surface area contributed by atoms with Gasteiger partial charge < -0.3 is 29.7 Å². The standard InChI is InChI=1S/C9H11.3C7H6O2.Pb/c1-8(2)9-6-4-3-5-7-9;3*8-7(9)6-4-2-1-3-5-6;/h3-6,8H,1-2H3;3*1-5H,(H,8,9);/p-3. The van der Waals surface area contributed by atoms with Gasteiger partial charge in [0.25, 0.3) is 0 Å². The Morgan fingerprint density at radius 2 is 0.838 bits per heavy atom. The number of aromatic carboxylic acids is 3. The third-order valence-electron chi connectivity index (χ3n) is 4.38. The fraction of sp³-hybridized carbons (Fsp3) is 0.100. The molecule has 0 N–H and O–H groups in total. The molecule has 6 nitrogen and oxygen atoms in total. The molecule has 0 aromatic heterocycles. The Morgan fingerprint density at radius 3 is 1.00 bits per heavy atom. The van der Waals surface area contributed by atoms with Crippen LogP contribution in [0.25, 0.3) is 0 Å². The monoisotopic (exact) mass is 690 g/mol. The van der Waals surface area contributed by atoms with Crippen LogP contribution < -0.4 is 15.3 Å². The Balaban J connectivity index is 0.000000463. The molecule has 0 bridgehead atoms. The summed E-state index contributed by atoms with van der Waals surface area (Å²) < 4.78 is 0. The van der Waals surface area contributed by atoms with Gasteiger partial charge in [-0.2, -0.15) is 0 Å². The first-order chi connectivity index (χ1) is 17.2. The predicted octanol–water partition coefficient (Wildman–Crippen LogP) is 2.38. The van der Waals surface area contributed by atoms with Crippen LogP contribution in [0.15, 0.2) is 115 Å².